The van der Waals surface area contributed by atoms with Crippen molar-refractivity contribution in [2.45, 2.75) is 39.2 Å². The molecule has 0 aromatic heterocycles. The lowest BCUT2D eigenvalue weighted by Crippen LogP contribution is -2.36. The number of hydrogen-bond acceptors (Lipinski definition) is 3. The summed E-state index contributed by atoms with van der Waals surface area (Å²) in [6.45, 7) is 10.2. The Kier molecular flexibility index (Phi) is 9.33. The highest BCUT2D eigenvalue weighted by atomic mass is 35.5. The molecule has 0 aliphatic rings. The number of ether oxygens (including phenoxy) is 1. The Hall–Kier alpha value is -1.10. The number of hydrogen-bond donors (Lipinski definition) is 2. The van der Waals surface area contributed by atoms with Gasteiger partial charge in [-0.1, -0.05) is 45.0 Å². The Labute approximate surface area is 140 Å². The fraction of sp³-hybridized carbons (Fsp3) is 0.588. The van der Waals surface area contributed by atoms with Gasteiger partial charge in [-0.3, -0.25) is 4.79 Å². The van der Waals surface area contributed by atoms with Gasteiger partial charge in [0.05, 0.1) is 19.2 Å². The summed E-state index contributed by atoms with van der Waals surface area (Å²) in [5, 5.41) is 6.02. The molecule has 0 radical (unpaired) electrons. The summed E-state index contributed by atoms with van der Waals surface area (Å²) in [6, 6.07) is 8.45. The van der Waals surface area contributed by atoms with E-state index < -0.39 is 0 Å². The number of benzene rings is 1. The lowest BCUT2D eigenvalue weighted by molar-refractivity contribution is -0.120. The second kappa shape index (κ2) is 9.82. The maximum atomic E-state index is 11.8. The predicted molar refractivity (Wildman–Crippen MR) is 93.7 cm³/mol. The first-order chi connectivity index (χ1) is 9.84. The fourth-order valence-corrected chi connectivity index (χ4v) is 2.02. The van der Waals surface area contributed by atoms with Gasteiger partial charge in [0.1, 0.15) is 0 Å². The molecule has 0 spiro atoms. The molecule has 4 nitrogen and oxygen atoms in total. The predicted octanol–water partition coefficient (Wildman–Crippen LogP) is 2.82. The zero-order valence-electron chi connectivity index (χ0n) is 14.2. The molecule has 22 heavy (non-hydrogen) atoms. The number of amides is 1. The summed E-state index contributed by atoms with van der Waals surface area (Å²) in [5.74, 6) is -0.00139. The third-order valence-electron chi connectivity index (χ3n) is 3.42. The van der Waals surface area contributed by atoms with Gasteiger partial charge in [0.15, 0.2) is 0 Å². The summed E-state index contributed by atoms with van der Waals surface area (Å²) in [5.41, 5.74) is 2.57. The molecule has 1 atom stereocenters. The van der Waals surface area contributed by atoms with E-state index in [1.165, 1.54) is 5.56 Å². The highest BCUT2D eigenvalue weighted by Gasteiger charge is 2.14. The largest absolute Gasteiger partial charge is 0.383 e. The van der Waals surface area contributed by atoms with Crippen LogP contribution < -0.4 is 10.6 Å². The molecule has 5 heteroatoms. The zero-order chi connectivity index (χ0) is 15.9. The first-order valence-corrected chi connectivity index (χ1v) is 7.44. The lowest BCUT2D eigenvalue weighted by atomic mass is 9.86. The molecular weight excluding hydrogens is 300 g/mol. The van der Waals surface area contributed by atoms with E-state index in [4.69, 9.17) is 4.74 Å². The highest BCUT2D eigenvalue weighted by Crippen LogP contribution is 2.23. The number of carbonyl (C=O) groups excluding carboxylic acids is 1. The van der Waals surface area contributed by atoms with Crippen molar-refractivity contribution in [3.63, 3.8) is 0 Å². The molecule has 0 aliphatic carbocycles. The Morgan fingerprint density at radius 1 is 1.23 bits per heavy atom. The Morgan fingerprint density at radius 3 is 2.32 bits per heavy atom. The first kappa shape index (κ1) is 20.9. The van der Waals surface area contributed by atoms with Crippen molar-refractivity contribution in [3.8, 4) is 0 Å². The van der Waals surface area contributed by atoms with Crippen LogP contribution in [0.5, 0.6) is 0 Å². The van der Waals surface area contributed by atoms with E-state index in [1.54, 1.807) is 7.11 Å². The molecular formula is C17H29ClN2O2. The minimum absolute atomic E-state index is 0. The minimum Gasteiger partial charge on any atom is -0.383 e. The van der Waals surface area contributed by atoms with Crippen LogP contribution in [0.2, 0.25) is 0 Å². The number of carbonyl (C=O) groups is 1. The summed E-state index contributed by atoms with van der Waals surface area (Å²) in [7, 11) is 1.64. The summed E-state index contributed by atoms with van der Waals surface area (Å²) < 4.78 is 4.92. The van der Waals surface area contributed by atoms with Gasteiger partial charge in [-0.25, -0.2) is 0 Å². The Bertz CT molecular complexity index is 441. The van der Waals surface area contributed by atoms with Crippen LogP contribution in [-0.2, 0) is 14.9 Å². The van der Waals surface area contributed by atoms with Crippen LogP contribution in [0, 0.1) is 0 Å². The number of nitrogens with one attached hydrogen (secondary N) is 2. The molecule has 1 aromatic carbocycles. The molecule has 0 bridgehead atoms. The molecule has 0 aliphatic heterocycles. The summed E-state index contributed by atoms with van der Waals surface area (Å²) in [6.07, 6.45) is 0. The van der Waals surface area contributed by atoms with Gasteiger partial charge in [-0.15, -0.1) is 12.4 Å². The monoisotopic (exact) mass is 328 g/mol. The van der Waals surface area contributed by atoms with Crippen LogP contribution >= 0.6 is 12.4 Å². The highest BCUT2D eigenvalue weighted by molar-refractivity contribution is 5.85. The van der Waals surface area contributed by atoms with E-state index in [0.717, 1.165) is 5.56 Å². The Balaban J connectivity index is 0.00000441. The second-order valence-electron chi connectivity index (χ2n) is 6.33. The van der Waals surface area contributed by atoms with E-state index in [0.29, 0.717) is 19.7 Å². The average Bonchev–Trinajstić information content (AvgIpc) is 2.43. The van der Waals surface area contributed by atoms with Crippen molar-refractivity contribution in [2.75, 3.05) is 26.8 Å². The molecule has 0 saturated heterocycles. The van der Waals surface area contributed by atoms with E-state index in [-0.39, 0.29) is 29.8 Å². The number of methoxy groups -OCH3 is 1. The van der Waals surface area contributed by atoms with Crippen molar-refractivity contribution in [3.05, 3.63) is 35.4 Å². The standard InChI is InChI=1S/C17H28N2O2.ClH/c1-13(19-16(20)12-18-10-11-21-5)14-6-8-15(9-7-14)17(2,3)4;/h6-9,13,18H,10-12H2,1-5H3,(H,19,20);1H. The molecule has 1 amide bonds. The van der Waals surface area contributed by atoms with Gasteiger partial charge >= 0.3 is 0 Å². The van der Waals surface area contributed by atoms with Gasteiger partial charge in [0, 0.05) is 13.7 Å². The molecule has 1 rings (SSSR count). The van der Waals surface area contributed by atoms with Crippen LogP contribution in [0.3, 0.4) is 0 Å². The average molecular weight is 329 g/mol. The molecule has 0 heterocycles. The van der Waals surface area contributed by atoms with E-state index >= 15 is 0 Å². The molecule has 0 fully saturated rings. The van der Waals surface area contributed by atoms with E-state index in [1.807, 2.05) is 6.92 Å². The maximum absolute atomic E-state index is 11.8. The third-order valence-corrected chi connectivity index (χ3v) is 3.42. The van der Waals surface area contributed by atoms with Crippen molar-refractivity contribution in [2.24, 2.45) is 0 Å². The zero-order valence-corrected chi connectivity index (χ0v) is 15.0. The molecule has 1 unspecified atom stereocenters. The van der Waals surface area contributed by atoms with Crippen molar-refractivity contribution < 1.29 is 9.53 Å². The number of rotatable bonds is 7. The van der Waals surface area contributed by atoms with Gasteiger partial charge < -0.3 is 15.4 Å². The summed E-state index contributed by atoms with van der Waals surface area (Å²) >= 11 is 0. The van der Waals surface area contributed by atoms with Crippen molar-refractivity contribution in [1.29, 1.82) is 0 Å². The Morgan fingerprint density at radius 2 is 1.82 bits per heavy atom. The lowest BCUT2D eigenvalue weighted by Gasteiger charge is -2.20. The van der Waals surface area contributed by atoms with Crippen molar-refractivity contribution in [1.82, 2.24) is 10.6 Å². The third kappa shape index (κ3) is 7.25. The minimum atomic E-state index is -0.00139. The molecule has 1 aromatic rings. The fourth-order valence-electron chi connectivity index (χ4n) is 2.02. The SMILES string of the molecule is COCCNCC(=O)NC(C)c1ccc(C(C)(C)C)cc1.Cl. The normalized spacial score (nSPS) is 12.4. The molecule has 2 N–H and O–H groups in total. The van der Waals surface area contributed by atoms with E-state index in [9.17, 15) is 4.79 Å². The topological polar surface area (TPSA) is 50.4 Å². The van der Waals surface area contributed by atoms with Gasteiger partial charge in [-0.05, 0) is 23.5 Å². The van der Waals surface area contributed by atoms with Crippen molar-refractivity contribution >= 4 is 18.3 Å². The maximum Gasteiger partial charge on any atom is 0.234 e. The van der Waals surface area contributed by atoms with Crippen LogP contribution in [0.1, 0.15) is 44.9 Å². The quantitative estimate of drug-likeness (QED) is 0.757. The van der Waals surface area contributed by atoms with Gasteiger partial charge in [-0.2, -0.15) is 0 Å². The summed E-state index contributed by atoms with van der Waals surface area (Å²) in [4.78, 5) is 11.8. The molecule has 0 saturated carbocycles. The van der Waals surface area contributed by atoms with Gasteiger partial charge in [0.25, 0.3) is 0 Å². The van der Waals surface area contributed by atoms with Crippen LogP contribution in [0.15, 0.2) is 24.3 Å². The first-order valence-electron chi connectivity index (χ1n) is 7.44. The smallest absolute Gasteiger partial charge is 0.234 e. The number of halogens is 1. The van der Waals surface area contributed by atoms with Crippen LogP contribution in [0.4, 0.5) is 0 Å². The van der Waals surface area contributed by atoms with Crippen LogP contribution in [0.25, 0.3) is 0 Å². The van der Waals surface area contributed by atoms with Crippen LogP contribution in [-0.4, -0.2) is 32.7 Å². The second-order valence-corrected chi connectivity index (χ2v) is 6.33. The van der Waals surface area contributed by atoms with Gasteiger partial charge in [0.2, 0.25) is 5.91 Å². The molecule has 126 valence electrons. The van der Waals surface area contributed by atoms with E-state index in [2.05, 4.69) is 55.7 Å².